The third kappa shape index (κ3) is 2.06. The molecule has 1 fully saturated rings. The molecule has 1 saturated heterocycles. The molecule has 2 atom stereocenters. The zero-order chi connectivity index (χ0) is 11.5. The molecule has 16 heavy (non-hydrogen) atoms. The van der Waals surface area contributed by atoms with Gasteiger partial charge in [-0.1, -0.05) is 18.2 Å². The number of rotatable bonds is 3. The maximum atomic E-state index is 9.35. The van der Waals surface area contributed by atoms with Crippen LogP contribution in [0.5, 0.6) is 0 Å². The van der Waals surface area contributed by atoms with Crippen LogP contribution < -0.4 is 10.6 Å². The van der Waals surface area contributed by atoms with E-state index in [9.17, 15) is 5.11 Å². The highest BCUT2D eigenvalue weighted by Gasteiger charge is 2.25. The van der Waals surface area contributed by atoms with Gasteiger partial charge in [0.1, 0.15) is 0 Å². The highest BCUT2D eigenvalue weighted by atomic mass is 16.3. The lowest BCUT2D eigenvalue weighted by Gasteiger charge is -2.28. The molecule has 3 N–H and O–H groups in total. The van der Waals surface area contributed by atoms with Gasteiger partial charge >= 0.3 is 0 Å². The SMILES string of the molecule is CC(N)c1ccccc1N1CCCC1CO. The number of nitrogens with zero attached hydrogens (tertiary/aromatic N) is 1. The van der Waals surface area contributed by atoms with Crippen LogP contribution in [0.2, 0.25) is 0 Å². The Hall–Kier alpha value is -1.06. The van der Waals surface area contributed by atoms with E-state index in [4.69, 9.17) is 5.73 Å². The Bertz CT molecular complexity index is 352. The van der Waals surface area contributed by atoms with E-state index in [1.54, 1.807) is 0 Å². The summed E-state index contributed by atoms with van der Waals surface area (Å²) in [5, 5.41) is 9.35. The molecule has 0 amide bonds. The number of anilines is 1. The lowest BCUT2D eigenvalue weighted by Crippen LogP contribution is -2.33. The zero-order valence-corrected chi connectivity index (χ0v) is 9.76. The molecule has 1 aromatic rings. The summed E-state index contributed by atoms with van der Waals surface area (Å²) >= 11 is 0. The second kappa shape index (κ2) is 4.85. The Balaban J connectivity index is 2.32. The second-order valence-corrected chi connectivity index (χ2v) is 4.52. The minimum atomic E-state index is 0.0381. The van der Waals surface area contributed by atoms with E-state index in [1.807, 2.05) is 19.1 Å². The molecule has 3 nitrogen and oxygen atoms in total. The minimum absolute atomic E-state index is 0.0381. The van der Waals surface area contributed by atoms with E-state index < -0.39 is 0 Å². The van der Waals surface area contributed by atoms with Gasteiger partial charge in [-0.2, -0.15) is 0 Å². The Kier molecular flexibility index (Phi) is 3.46. The highest BCUT2D eigenvalue weighted by molar-refractivity contribution is 5.56. The molecule has 0 saturated carbocycles. The molecular weight excluding hydrogens is 200 g/mol. The number of hydrogen-bond acceptors (Lipinski definition) is 3. The number of aliphatic hydroxyl groups is 1. The molecule has 1 aliphatic rings. The molecule has 1 heterocycles. The summed E-state index contributed by atoms with van der Waals surface area (Å²) in [6.07, 6.45) is 2.22. The third-order valence-electron chi connectivity index (χ3n) is 3.32. The highest BCUT2D eigenvalue weighted by Crippen LogP contribution is 2.30. The summed E-state index contributed by atoms with van der Waals surface area (Å²) in [5.74, 6) is 0. The van der Waals surface area contributed by atoms with Crippen molar-refractivity contribution in [2.24, 2.45) is 5.73 Å². The van der Waals surface area contributed by atoms with Crippen LogP contribution in [-0.2, 0) is 0 Å². The summed E-state index contributed by atoms with van der Waals surface area (Å²) in [5.41, 5.74) is 8.34. The van der Waals surface area contributed by atoms with Crippen molar-refractivity contribution >= 4 is 5.69 Å². The molecule has 0 aliphatic carbocycles. The second-order valence-electron chi connectivity index (χ2n) is 4.52. The van der Waals surface area contributed by atoms with E-state index >= 15 is 0 Å². The predicted molar refractivity (Wildman–Crippen MR) is 66.5 cm³/mol. The quantitative estimate of drug-likeness (QED) is 0.814. The number of nitrogens with two attached hydrogens (primary N) is 1. The van der Waals surface area contributed by atoms with E-state index in [1.165, 1.54) is 11.3 Å². The van der Waals surface area contributed by atoms with Crippen LogP contribution in [0.4, 0.5) is 5.69 Å². The van der Waals surface area contributed by atoms with Gasteiger partial charge in [-0.3, -0.25) is 0 Å². The maximum Gasteiger partial charge on any atom is 0.0635 e. The van der Waals surface area contributed by atoms with E-state index in [-0.39, 0.29) is 18.7 Å². The summed E-state index contributed by atoms with van der Waals surface area (Å²) in [7, 11) is 0. The van der Waals surface area contributed by atoms with Gasteiger partial charge < -0.3 is 15.7 Å². The van der Waals surface area contributed by atoms with Crippen LogP contribution in [0.1, 0.15) is 31.4 Å². The van der Waals surface area contributed by atoms with Crippen molar-refractivity contribution in [2.75, 3.05) is 18.1 Å². The zero-order valence-electron chi connectivity index (χ0n) is 9.76. The molecule has 1 aliphatic heterocycles. The average molecular weight is 220 g/mol. The van der Waals surface area contributed by atoms with Gasteiger partial charge in [0.2, 0.25) is 0 Å². The molecule has 1 aromatic carbocycles. The van der Waals surface area contributed by atoms with Gasteiger partial charge in [0.15, 0.2) is 0 Å². The Morgan fingerprint density at radius 2 is 2.25 bits per heavy atom. The monoisotopic (exact) mass is 220 g/mol. The molecule has 88 valence electrons. The Labute approximate surface area is 96.9 Å². The van der Waals surface area contributed by atoms with Crippen molar-refractivity contribution in [1.82, 2.24) is 0 Å². The van der Waals surface area contributed by atoms with Crippen molar-refractivity contribution in [1.29, 1.82) is 0 Å². The van der Waals surface area contributed by atoms with E-state index in [2.05, 4.69) is 17.0 Å². The summed E-state index contributed by atoms with van der Waals surface area (Å²) in [6, 6.07) is 8.54. The van der Waals surface area contributed by atoms with Gasteiger partial charge in [0.25, 0.3) is 0 Å². The predicted octanol–water partition coefficient (Wildman–Crippen LogP) is 1.67. The molecule has 0 spiro atoms. The number of benzene rings is 1. The van der Waals surface area contributed by atoms with Crippen LogP contribution in [0.25, 0.3) is 0 Å². The first-order valence-electron chi connectivity index (χ1n) is 5.96. The lowest BCUT2D eigenvalue weighted by atomic mass is 10.1. The standard InChI is InChI=1S/C13H20N2O/c1-10(14)12-6-2-3-7-13(12)15-8-4-5-11(15)9-16/h2-3,6-7,10-11,16H,4-5,8-9,14H2,1H3. The van der Waals surface area contributed by atoms with Gasteiger partial charge in [-0.25, -0.2) is 0 Å². The van der Waals surface area contributed by atoms with Gasteiger partial charge in [0.05, 0.1) is 12.6 Å². The van der Waals surface area contributed by atoms with Crippen LogP contribution in [-0.4, -0.2) is 24.3 Å². The Morgan fingerprint density at radius 1 is 1.50 bits per heavy atom. The van der Waals surface area contributed by atoms with E-state index in [0.29, 0.717) is 0 Å². The topological polar surface area (TPSA) is 49.5 Å². The summed E-state index contributed by atoms with van der Waals surface area (Å²) < 4.78 is 0. The lowest BCUT2D eigenvalue weighted by molar-refractivity contribution is 0.266. The molecule has 2 rings (SSSR count). The molecule has 0 bridgehead atoms. The maximum absolute atomic E-state index is 9.35. The summed E-state index contributed by atoms with van der Waals surface area (Å²) in [4.78, 5) is 2.29. The molecule has 3 heteroatoms. The van der Waals surface area contributed by atoms with Crippen LogP contribution in [0, 0.1) is 0 Å². The third-order valence-corrected chi connectivity index (χ3v) is 3.32. The largest absolute Gasteiger partial charge is 0.394 e. The fourth-order valence-corrected chi connectivity index (χ4v) is 2.48. The van der Waals surface area contributed by atoms with Crippen molar-refractivity contribution in [3.8, 4) is 0 Å². The van der Waals surface area contributed by atoms with Crippen molar-refractivity contribution in [3.05, 3.63) is 29.8 Å². The van der Waals surface area contributed by atoms with Gasteiger partial charge in [-0.15, -0.1) is 0 Å². The normalized spacial score (nSPS) is 22.4. The average Bonchev–Trinajstić information content (AvgIpc) is 2.76. The van der Waals surface area contributed by atoms with Crippen molar-refractivity contribution < 1.29 is 5.11 Å². The van der Waals surface area contributed by atoms with Gasteiger partial charge in [-0.05, 0) is 31.4 Å². The van der Waals surface area contributed by atoms with Crippen LogP contribution in [0.3, 0.4) is 0 Å². The number of hydrogen-bond donors (Lipinski definition) is 2. The number of para-hydroxylation sites is 1. The van der Waals surface area contributed by atoms with E-state index in [0.717, 1.165) is 19.4 Å². The van der Waals surface area contributed by atoms with Gasteiger partial charge in [0, 0.05) is 18.3 Å². The minimum Gasteiger partial charge on any atom is -0.394 e. The first-order valence-corrected chi connectivity index (χ1v) is 5.96. The molecule has 0 aromatic heterocycles. The Morgan fingerprint density at radius 3 is 2.94 bits per heavy atom. The van der Waals surface area contributed by atoms with Crippen LogP contribution in [0.15, 0.2) is 24.3 Å². The van der Waals surface area contributed by atoms with Crippen molar-refractivity contribution in [2.45, 2.75) is 31.8 Å². The smallest absolute Gasteiger partial charge is 0.0635 e. The molecule has 0 radical (unpaired) electrons. The fourth-order valence-electron chi connectivity index (χ4n) is 2.48. The van der Waals surface area contributed by atoms with Crippen molar-refractivity contribution in [3.63, 3.8) is 0 Å². The first-order chi connectivity index (χ1) is 7.74. The molecular formula is C13H20N2O. The first kappa shape index (κ1) is 11.4. The fraction of sp³-hybridized carbons (Fsp3) is 0.538. The number of aliphatic hydroxyl groups excluding tert-OH is 1. The van der Waals surface area contributed by atoms with Crippen LogP contribution >= 0.6 is 0 Å². The summed E-state index contributed by atoms with van der Waals surface area (Å²) in [6.45, 7) is 3.26. The molecule has 2 unspecified atom stereocenters.